The molecule has 12 unspecified atom stereocenters. The predicted octanol–water partition coefficient (Wildman–Crippen LogP) is 16.0. The third kappa shape index (κ3) is 45.4. The van der Waals surface area contributed by atoms with Crippen molar-refractivity contribution in [1.29, 1.82) is 0 Å². The Bertz CT molecular complexity index is 2140. The van der Waals surface area contributed by atoms with Gasteiger partial charge in [0, 0.05) is 6.42 Å². The number of allylic oxidation sites excluding steroid dienone is 23. The molecule has 2 heterocycles. The van der Waals surface area contributed by atoms with E-state index in [4.69, 9.17) is 18.9 Å². The molecule has 0 aromatic carbocycles. The van der Waals surface area contributed by atoms with Crippen LogP contribution in [-0.4, -0.2) is 140 Å². The molecule has 2 aliphatic rings. The minimum absolute atomic E-state index is 0.247. The first kappa shape index (κ1) is 86.0. The molecule has 2 rings (SSSR count). The molecule has 1 amide bonds. The van der Waals surface area contributed by atoms with Crippen LogP contribution >= 0.6 is 0 Å². The third-order valence-corrected chi connectivity index (χ3v) is 17.0. The first-order valence-electron chi connectivity index (χ1n) is 37.1. The first-order chi connectivity index (χ1) is 46.1. The van der Waals surface area contributed by atoms with Crippen LogP contribution in [0.15, 0.2) is 146 Å². The van der Waals surface area contributed by atoms with E-state index in [1.165, 1.54) is 96.3 Å². The Labute approximate surface area is 570 Å². The molecule has 0 aliphatic carbocycles. The molecule has 0 aromatic rings. The minimum atomic E-state index is -1.80. The second kappa shape index (κ2) is 62.4. The fraction of sp³-hybridized carbons (Fsp3) is 0.688. The number of carbonyl (C=O) groups is 1. The maximum absolute atomic E-state index is 13.3. The minimum Gasteiger partial charge on any atom is -0.394 e. The number of aliphatic hydroxyl groups excluding tert-OH is 8. The summed E-state index contributed by atoms with van der Waals surface area (Å²) in [7, 11) is 0. The lowest BCUT2D eigenvalue weighted by atomic mass is 9.97. The van der Waals surface area contributed by atoms with Gasteiger partial charge in [-0.15, -0.1) is 0 Å². The number of hydrogen-bond donors (Lipinski definition) is 9. The molecule has 536 valence electrons. The molecule has 9 N–H and O–H groups in total. The molecule has 14 heteroatoms. The summed E-state index contributed by atoms with van der Waals surface area (Å²) in [5, 5.41) is 87.5. The highest BCUT2D eigenvalue weighted by Gasteiger charge is 2.51. The Morgan fingerprint density at radius 2 is 0.745 bits per heavy atom. The first-order valence-corrected chi connectivity index (χ1v) is 37.1. The number of ether oxygens (including phenoxy) is 4. The Morgan fingerprint density at radius 3 is 1.17 bits per heavy atom. The molecule has 12 atom stereocenters. The van der Waals surface area contributed by atoms with Crippen molar-refractivity contribution in [1.82, 2.24) is 5.32 Å². The summed E-state index contributed by atoms with van der Waals surface area (Å²) in [5.74, 6) is -0.269. The maximum Gasteiger partial charge on any atom is 0.220 e. The monoisotopic (exact) mass is 1320 g/mol. The van der Waals surface area contributed by atoms with E-state index < -0.39 is 86.8 Å². The highest BCUT2D eigenvalue weighted by atomic mass is 16.7. The van der Waals surface area contributed by atoms with Gasteiger partial charge in [-0.1, -0.05) is 282 Å². The van der Waals surface area contributed by atoms with E-state index in [9.17, 15) is 45.6 Å². The lowest BCUT2D eigenvalue weighted by Gasteiger charge is -2.46. The van der Waals surface area contributed by atoms with E-state index in [-0.39, 0.29) is 18.9 Å². The van der Waals surface area contributed by atoms with Crippen molar-refractivity contribution in [2.45, 2.75) is 331 Å². The van der Waals surface area contributed by atoms with Gasteiger partial charge in [0.05, 0.1) is 32.0 Å². The van der Waals surface area contributed by atoms with Crippen LogP contribution in [0.3, 0.4) is 0 Å². The van der Waals surface area contributed by atoms with Crippen molar-refractivity contribution in [2.24, 2.45) is 0 Å². The summed E-state index contributed by atoms with van der Waals surface area (Å²) in [4.78, 5) is 13.3. The number of nitrogens with one attached hydrogen (secondary N) is 1. The van der Waals surface area contributed by atoms with E-state index >= 15 is 0 Å². The van der Waals surface area contributed by atoms with E-state index in [1.807, 2.05) is 6.08 Å². The number of amides is 1. The van der Waals surface area contributed by atoms with Gasteiger partial charge in [-0.2, -0.15) is 0 Å². The Hall–Kier alpha value is -4.13. The Kier molecular flexibility index (Phi) is 57.1. The van der Waals surface area contributed by atoms with Gasteiger partial charge in [0.2, 0.25) is 5.91 Å². The van der Waals surface area contributed by atoms with E-state index in [2.05, 4.69) is 153 Å². The Balaban J connectivity index is 1.70. The van der Waals surface area contributed by atoms with Crippen LogP contribution in [0, 0.1) is 0 Å². The quantitative estimate of drug-likeness (QED) is 0.0204. The summed E-state index contributed by atoms with van der Waals surface area (Å²) in [6.45, 7) is 2.66. The second-order valence-electron chi connectivity index (χ2n) is 25.3. The summed E-state index contributed by atoms with van der Waals surface area (Å²) in [6, 6.07) is -0.957. The molecule has 2 fully saturated rings. The van der Waals surface area contributed by atoms with Crippen molar-refractivity contribution >= 4 is 5.91 Å². The van der Waals surface area contributed by atoms with E-state index in [0.29, 0.717) is 12.8 Å². The van der Waals surface area contributed by atoms with Crippen molar-refractivity contribution in [2.75, 3.05) is 19.8 Å². The molecular formula is C80H133NO13. The third-order valence-electron chi connectivity index (χ3n) is 17.0. The maximum atomic E-state index is 13.3. The fourth-order valence-corrected chi connectivity index (χ4v) is 11.1. The normalized spacial score (nSPS) is 23.3. The van der Waals surface area contributed by atoms with Crippen LogP contribution in [0.4, 0.5) is 0 Å². The summed E-state index contributed by atoms with van der Waals surface area (Å²) in [6.07, 6.45) is 77.6. The van der Waals surface area contributed by atoms with Crippen LogP contribution < -0.4 is 5.32 Å². The summed E-state index contributed by atoms with van der Waals surface area (Å²) < 4.78 is 22.8. The Morgan fingerprint density at radius 1 is 0.394 bits per heavy atom. The van der Waals surface area contributed by atoms with Crippen LogP contribution in [0.1, 0.15) is 258 Å². The van der Waals surface area contributed by atoms with Crippen molar-refractivity contribution in [3.8, 4) is 0 Å². The molecule has 2 aliphatic heterocycles. The van der Waals surface area contributed by atoms with Gasteiger partial charge in [0.25, 0.3) is 0 Å². The van der Waals surface area contributed by atoms with Gasteiger partial charge in [0.1, 0.15) is 48.8 Å². The zero-order valence-electron chi connectivity index (χ0n) is 58.4. The van der Waals surface area contributed by atoms with Crippen LogP contribution in [-0.2, 0) is 23.7 Å². The SMILES string of the molecule is CC/C=C\C/C=C\C/C=C\C/C=C\C/C=C\C/C=C\C/C=C\C/C=C\C/C=C\CCCCCCCCCC(=O)NC(COC1OC(CO)C(OC2OC(CO)C(O)C(O)C2O)C(O)C1O)C(O)/C=C/CC/C=C/CC/C=C/CCCCCCCCCCCCCCCCC. The number of rotatable bonds is 59. The summed E-state index contributed by atoms with van der Waals surface area (Å²) in [5.41, 5.74) is 0. The summed E-state index contributed by atoms with van der Waals surface area (Å²) >= 11 is 0. The molecule has 0 aromatic heterocycles. The van der Waals surface area contributed by atoms with Gasteiger partial charge < -0.3 is 65.1 Å². The smallest absolute Gasteiger partial charge is 0.220 e. The standard InChI is InChI=1S/C80H133NO13/c1-3-5-7-9-11-13-15-17-19-21-23-25-27-29-30-31-32-33-34-35-36-37-38-40-42-44-46-48-50-52-54-56-58-60-62-64-72(85)81-68(67-91-79-77(90)75(88)78(71(66-83)93-79)94-80-76(89)74(87)73(86)70(65-82)92-80)69(84)63-61-59-57-55-53-51-49-47-45-43-41-39-28-26-24-22-20-18-16-14-12-10-8-6-4-2/h5,7,11,13,17,19,23,25,29-30,32-33,35-36,38,40,44-47,53,55,61,63,68-71,73-80,82-84,86-90H,3-4,6,8-10,12,14-16,18,20-22,24,26-28,31,34,37,39,41-43,48-52,54,56-60,62,64-67H2,1-2H3,(H,81,85)/b7-5-,13-11-,19-17-,25-23-,30-29-,33-32-,36-35-,40-38-,46-44-,47-45+,55-53+,63-61+. The predicted molar refractivity (Wildman–Crippen MR) is 387 cm³/mol. The van der Waals surface area contributed by atoms with Gasteiger partial charge in [0.15, 0.2) is 12.6 Å². The lowest BCUT2D eigenvalue weighted by Crippen LogP contribution is -2.65. The molecule has 94 heavy (non-hydrogen) atoms. The largest absolute Gasteiger partial charge is 0.394 e. The van der Waals surface area contributed by atoms with E-state index in [0.717, 1.165) is 128 Å². The fourth-order valence-electron chi connectivity index (χ4n) is 11.1. The number of aliphatic hydroxyl groups is 8. The molecule has 0 radical (unpaired) electrons. The zero-order valence-corrected chi connectivity index (χ0v) is 58.4. The highest BCUT2D eigenvalue weighted by Crippen LogP contribution is 2.30. The topological polar surface area (TPSA) is 228 Å². The number of unbranched alkanes of at least 4 members (excludes halogenated alkanes) is 24. The average Bonchev–Trinajstić information content (AvgIpc) is 0.794. The van der Waals surface area contributed by atoms with Crippen molar-refractivity contribution in [3.63, 3.8) is 0 Å². The molecule has 14 nitrogen and oxygen atoms in total. The van der Waals surface area contributed by atoms with Gasteiger partial charge in [-0.3, -0.25) is 4.79 Å². The molecule has 2 saturated heterocycles. The van der Waals surface area contributed by atoms with Gasteiger partial charge in [-0.25, -0.2) is 0 Å². The number of carbonyl (C=O) groups excluding carboxylic acids is 1. The molecule has 0 saturated carbocycles. The van der Waals surface area contributed by atoms with Crippen molar-refractivity contribution < 1.29 is 64.6 Å². The van der Waals surface area contributed by atoms with Gasteiger partial charge >= 0.3 is 0 Å². The average molecular weight is 1320 g/mol. The highest BCUT2D eigenvalue weighted by molar-refractivity contribution is 5.76. The molecule has 0 bridgehead atoms. The zero-order chi connectivity index (χ0) is 68.0. The lowest BCUT2D eigenvalue weighted by molar-refractivity contribution is -0.359. The van der Waals surface area contributed by atoms with Crippen molar-refractivity contribution in [3.05, 3.63) is 146 Å². The molecular weight excluding hydrogens is 1180 g/mol. The van der Waals surface area contributed by atoms with Crippen LogP contribution in [0.5, 0.6) is 0 Å². The van der Waals surface area contributed by atoms with Crippen LogP contribution in [0.2, 0.25) is 0 Å². The number of hydrogen-bond acceptors (Lipinski definition) is 13. The van der Waals surface area contributed by atoms with Gasteiger partial charge in [-0.05, 0) is 116 Å². The van der Waals surface area contributed by atoms with Crippen LogP contribution in [0.25, 0.3) is 0 Å². The second-order valence-corrected chi connectivity index (χ2v) is 25.3. The molecule has 0 spiro atoms. The van der Waals surface area contributed by atoms with E-state index in [1.54, 1.807) is 6.08 Å².